The second-order valence-corrected chi connectivity index (χ2v) is 3.29. The summed E-state index contributed by atoms with van der Waals surface area (Å²) in [7, 11) is 0. The normalized spacial score (nSPS) is 26.3. The van der Waals surface area contributed by atoms with E-state index in [0.717, 1.165) is 11.3 Å². The summed E-state index contributed by atoms with van der Waals surface area (Å²) in [5, 5.41) is 9.86. The zero-order chi connectivity index (χ0) is 9.26. The maximum Gasteiger partial charge on any atom is 0.125 e. The zero-order valence-electron chi connectivity index (χ0n) is 7.31. The third-order valence-corrected chi connectivity index (χ3v) is 2.44. The first-order valence-electron chi connectivity index (χ1n) is 4.43. The lowest BCUT2D eigenvalue weighted by Gasteiger charge is -2.29. The molecule has 0 radical (unpaired) electrons. The van der Waals surface area contributed by atoms with Gasteiger partial charge in [0, 0.05) is 18.0 Å². The fraction of sp³-hybridized carbons (Fsp3) is 0.400. The number of para-hydroxylation sites is 1. The molecule has 1 aliphatic heterocycles. The first kappa shape index (κ1) is 8.53. The summed E-state index contributed by atoms with van der Waals surface area (Å²) in [6.45, 7) is 0.962. The fourth-order valence-electron chi connectivity index (χ4n) is 1.60. The first-order valence-corrected chi connectivity index (χ1v) is 4.43. The Kier molecular flexibility index (Phi) is 2.20. The maximum atomic E-state index is 9.86. The maximum absolute atomic E-state index is 9.86. The van der Waals surface area contributed by atoms with Crippen molar-refractivity contribution < 1.29 is 9.84 Å². The van der Waals surface area contributed by atoms with Crippen molar-refractivity contribution in [2.24, 2.45) is 11.7 Å². The van der Waals surface area contributed by atoms with Crippen LogP contribution in [0, 0.1) is 5.92 Å². The van der Waals surface area contributed by atoms with E-state index in [9.17, 15) is 5.11 Å². The number of fused-ring (bicyclic) bond motifs is 1. The molecule has 70 valence electrons. The average molecular weight is 179 g/mol. The van der Waals surface area contributed by atoms with Gasteiger partial charge in [-0.05, 0) is 6.07 Å². The predicted octanol–water partition coefficient (Wildman–Crippen LogP) is 0.687. The summed E-state index contributed by atoms with van der Waals surface area (Å²) in [5.41, 5.74) is 6.36. The van der Waals surface area contributed by atoms with Gasteiger partial charge in [-0.15, -0.1) is 0 Å². The Morgan fingerprint density at radius 2 is 2.23 bits per heavy atom. The van der Waals surface area contributed by atoms with Gasteiger partial charge in [0.05, 0.1) is 12.7 Å². The third-order valence-electron chi connectivity index (χ3n) is 2.44. The molecule has 0 spiro atoms. The molecule has 1 heterocycles. The highest BCUT2D eigenvalue weighted by Gasteiger charge is 2.27. The number of hydrogen-bond donors (Lipinski definition) is 2. The Bertz CT molecular complexity index is 301. The number of aliphatic hydroxyl groups is 1. The molecule has 0 saturated heterocycles. The Morgan fingerprint density at radius 1 is 1.46 bits per heavy atom. The van der Waals surface area contributed by atoms with E-state index in [1.165, 1.54) is 0 Å². The van der Waals surface area contributed by atoms with E-state index in [1.807, 2.05) is 24.3 Å². The summed E-state index contributed by atoms with van der Waals surface area (Å²) in [4.78, 5) is 0. The highest BCUT2D eigenvalue weighted by Crippen LogP contribution is 2.34. The van der Waals surface area contributed by atoms with Crippen molar-refractivity contribution in [3.63, 3.8) is 0 Å². The minimum Gasteiger partial charge on any atom is -0.493 e. The summed E-state index contributed by atoms with van der Waals surface area (Å²) >= 11 is 0. The van der Waals surface area contributed by atoms with Crippen LogP contribution in [-0.2, 0) is 0 Å². The van der Waals surface area contributed by atoms with Crippen molar-refractivity contribution in [3.05, 3.63) is 29.8 Å². The van der Waals surface area contributed by atoms with Crippen LogP contribution >= 0.6 is 0 Å². The van der Waals surface area contributed by atoms with Crippen molar-refractivity contribution >= 4 is 0 Å². The van der Waals surface area contributed by atoms with Gasteiger partial charge in [-0.25, -0.2) is 0 Å². The second-order valence-electron chi connectivity index (χ2n) is 3.29. The van der Waals surface area contributed by atoms with E-state index in [0.29, 0.717) is 13.2 Å². The van der Waals surface area contributed by atoms with E-state index in [1.54, 1.807) is 0 Å². The van der Waals surface area contributed by atoms with Gasteiger partial charge >= 0.3 is 0 Å². The molecule has 13 heavy (non-hydrogen) atoms. The lowest BCUT2D eigenvalue weighted by molar-refractivity contribution is 0.0552. The molecule has 1 aromatic carbocycles. The molecule has 0 fully saturated rings. The molecule has 2 rings (SSSR count). The van der Waals surface area contributed by atoms with Gasteiger partial charge in [-0.1, -0.05) is 18.2 Å². The minimum atomic E-state index is -0.477. The Hall–Kier alpha value is -1.06. The van der Waals surface area contributed by atoms with Crippen LogP contribution in [-0.4, -0.2) is 18.3 Å². The molecule has 3 nitrogen and oxygen atoms in total. The van der Waals surface area contributed by atoms with Gasteiger partial charge in [0.15, 0.2) is 0 Å². The average Bonchev–Trinajstić information content (AvgIpc) is 2.19. The molecule has 0 unspecified atom stereocenters. The van der Waals surface area contributed by atoms with Crippen LogP contribution in [0.15, 0.2) is 24.3 Å². The highest BCUT2D eigenvalue weighted by molar-refractivity contribution is 5.36. The Balaban J connectivity index is 2.33. The molecular weight excluding hydrogens is 166 g/mol. The predicted molar refractivity (Wildman–Crippen MR) is 49.4 cm³/mol. The topological polar surface area (TPSA) is 55.5 Å². The number of nitrogens with two attached hydrogens (primary N) is 1. The van der Waals surface area contributed by atoms with E-state index in [4.69, 9.17) is 10.5 Å². The van der Waals surface area contributed by atoms with E-state index in [-0.39, 0.29) is 5.92 Å². The van der Waals surface area contributed by atoms with Crippen molar-refractivity contribution in [3.8, 4) is 5.75 Å². The second kappa shape index (κ2) is 3.36. The smallest absolute Gasteiger partial charge is 0.125 e. The number of hydrogen-bond acceptors (Lipinski definition) is 3. The van der Waals surface area contributed by atoms with Gasteiger partial charge in [-0.2, -0.15) is 0 Å². The Labute approximate surface area is 77.1 Å². The molecule has 3 N–H and O–H groups in total. The molecule has 0 aliphatic carbocycles. The van der Waals surface area contributed by atoms with Crippen molar-refractivity contribution in [2.75, 3.05) is 13.2 Å². The lowest BCUT2D eigenvalue weighted by Crippen LogP contribution is -2.31. The quantitative estimate of drug-likeness (QED) is 0.666. The monoisotopic (exact) mass is 179 g/mol. The first-order chi connectivity index (χ1) is 6.33. The van der Waals surface area contributed by atoms with Gasteiger partial charge in [0.2, 0.25) is 0 Å². The largest absolute Gasteiger partial charge is 0.493 e. The van der Waals surface area contributed by atoms with Crippen LogP contribution in [0.3, 0.4) is 0 Å². The summed E-state index contributed by atoms with van der Waals surface area (Å²) in [6.07, 6.45) is -0.477. The molecule has 0 amide bonds. The van der Waals surface area contributed by atoms with Crippen LogP contribution in [0.2, 0.25) is 0 Å². The van der Waals surface area contributed by atoms with Gasteiger partial charge < -0.3 is 15.6 Å². The highest BCUT2D eigenvalue weighted by atomic mass is 16.5. The SMILES string of the molecule is NC[C@H]1COc2ccccc2[C@H]1O. The lowest BCUT2D eigenvalue weighted by atomic mass is 9.93. The molecule has 2 atom stereocenters. The van der Waals surface area contributed by atoms with Crippen LogP contribution in [0.25, 0.3) is 0 Å². The van der Waals surface area contributed by atoms with Crippen LogP contribution in [0.4, 0.5) is 0 Å². The standard InChI is InChI=1S/C10H13NO2/c11-5-7-6-13-9-4-2-1-3-8(9)10(7)12/h1-4,7,10,12H,5-6,11H2/t7-,10-/m0/s1. The van der Waals surface area contributed by atoms with Crippen LogP contribution in [0.5, 0.6) is 5.75 Å². The van der Waals surface area contributed by atoms with E-state index in [2.05, 4.69) is 0 Å². The zero-order valence-corrected chi connectivity index (χ0v) is 7.31. The minimum absolute atomic E-state index is 0.0231. The molecule has 0 bridgehead atoms. The molecule has 0 saturated carbocycles. The van der Waals surface area contributed by atoms with Gasteiger partial charge in [0.25, 0.3) is 0 Å². The van der Waals surface area contributed by atoms with Crippen molar-refractivity contribution in [1.82, 2.24) is 0 Å². The number of ether oxygens (including phenoxy) is 1. The van der Waals surface area contributed by atoms with Crippen molar-refractivity contribution in [2.45, 2.75) is 6.10 Å². The molecular formula is C10H13NO2. The fourth-order valence-corrected chi connectivity index (χ4v) is 1.60. The summed E-state index contributed by atoms with van der Waals surface area (Å²) in [5.74, 6) is 0.801. The van der Waals surface area contributed by atoms with Gasteiger partial charge in [-0.3, -0.25) is 0 Å². The third kappa shape index (κ3) is 1.41. The Morgan fingerprint density at radius 3 is 3.00 bits per heavy atom. The van der Waals surface area contributed by atoms with Crippen molar-refractivity contribution in [1.29, 1.82) is 0 Å². The number of rotatable bonds is 1. The summed E-state index contributed by atoms with van der Waals surface area (Å²) in [6, 6.07) is 7.53. The molecule has 0 aromatic heterocycles. The number of aliphatic hydroxyl groups excluding tert-OH is 1. The molecule has 1 aliphatic rings. The molecule has 1 aromatic rings. The number of benzene rings is 1. The summed E-state index contributed by atoms with van der Waals surface area (Å²) < 4.78 is 5.46. The van der Waals surface area contributed by atoms with Gasteiger partial charge in [0.1, 0.15) is 5.75 Å². The van der Waals surface area contributed by atoms with Crippen LogP contribution in [0.1, 0.15) is 11.7 Å². The van der Waals surface area contributed by atoms with E-state index >= 15 is 0 Å². The van der Waals surface area contributed by atoms with Crippen LogP contribution < -0.4 is 10.5 Å². The van der Waals surface area contributed by atoms with E-state index < -0.39 is 6.10 Å². The molecule has 3 heteroatoms.